The van der Waals surface area contributed by atoms with Crippen molar-refractivity contribution in [2.75, 3.05) is 0 Å². The van der Waals surface area contributed by atoms with Crippen molar-refractivity contribution in [2.24, 2.45) is 10.9 Å². The number of carbonyl (C=O) groups is 1. The molecule has 0 unspecified atom stereocenters. The highest BCUT2D eigenvalue weighted by Crippen LogP contribution is 2.26. The molecule has 0 heterocycles. The van der Waals surface area contributed by atoms with Crippen molar-refractivity contribution in [3.8, 4) is 5.75 Å². The van der Waals surface area contributed by atoms with Crippen LogP contribution < -0.4 is 10.5 Å². The van der Waals surface area contributed by atoms with Crippen LogP contribution in [0.2, 0.25) is 5.02 Å². The highest BCUT2D eigenvalue weighted by molar-refractivity contribution is 6.32. The molecule has 0 atom stereocenters. The molecule has 0 saturated heterocycles. The van der Waals surface area contributed by atoms with E-state index in [1.165, 1.54) is 0 Å². The number of ether oxygens (including phenoxy) is 1. The summed E-state index contributed by atoms with van der Waals surface area (Å²) in [5, 5.41) is 4.25. The Morgan fingerprint density at radius 3 is 2.43 bits per heavy atom. The molecule has 3 aromatic carbocycles. The first kappa shape index (κ1) is 19.5. The molecule has 0 aliphatic heterocycles. The van der Waals surface area contributed by atoms with Gasteiger partial charge in [-0.1, -0.05) is 65.3 Å². The molecule has 0 aliphatic rings. The lowest BCUT2D eigenvalue weighted by Crippen LogP contribution is -2.15. The Bertz CT molecular complexity index is 986. The molecule has 0 saturated carbocycles. The summed E-state index contributed by atoms with van der Waals surface area (Å²) in [7, 11) is 0. The van der Waals surface area contributed by atoms with Gasteiger partial charge in [0.1, 0.15) is 12.4 Å². The summed E-state index contributed by atoms with van der Waals surface area (Å²) < 4.78 is 5.75. The third kappa shape index (κ3) is 5.11. The fraction of sp³-hybridized carbons (Fsp3) is 0.0909. The number of benzene rings is 3. The van der Waals surface area contributed by atoms with Gasteiger partial charge in [0.05, 0.1) is 10.6 Å². The highest BCUT2D eigenvalue weighted by atomic mass is 35.5. The van der Waals surface area contributed by atoms with Gasteiger partial charge in [0.2, 0.25) is 0 Å². The maximum absolute atomic E-state index is 12.1. The topological polar surface area (TPSA) is 73.9 Å². The van der Waals surface area contributed by atoms with E-state index >= 15 is 0 Å². The third-order valence-electron chi connectivity index (χ3n) is 3.97. The second-order valence-electron chi connectivity index (χ2n) is 6.14. The average molecular weight is 395 g/mol. The molecule has 6 heteroatoms. The summed E-state index contributed by atoms with van der Waals surface area (Å²) >= 11 is 6.12. The number of carbonyl (C=O) groups excluding carboxylic acids is 1. The van der Waals surface area contributed by atoms with Crippen LogP contribution in [0.25, 0.3) is 0 Å². The van der Waals surface area contributed by atoms with Gasteiger partial charge >= 0.3 is 5.97 Å². The molecular weight excluding hydrogens is 376 g/mol. The van der Waals surface area contributed by atoms with Crippen molar-refractivity contribution in [1.29, 1.82) is 0 Å². The van der Waals surface area contributed by atoms with Crippen LogP contribution in [0.1, 0.15) is 27.0 Å². The third-order valence-corrected chi connectivity index (χ3v) is 4.28. The van der Waals surface area contributed by atoms with Crippen LogP contribution in [0.3, 0.4) is 0 Å². The van der Waals surface area contributed by atoms with Crippen LogP contribution in [0.15, 0.2) is 78.0 Å². The molecule has 0 bridgehead atoms. The molecule has 0 aliphatic carbocycles. The average Bonchev–Trinajstić information content (AvgIpc) is 2.73. The van der Waals surface area contributed by atoms with Gasteiger partial charge in [-0.3, -0.25) is 0 Å². The van der Waals surface area contributed by atoms with Gasteiger partial charge in [0.25, 0.3) is 0 Å². The Morgan fingerprint density at radius 2 is 1.71 bits per heavy atom. The van der Waals surface area contributed by atoms with E-state index in [0.717, 1.165) is 11.1 Å². The molecule has 0 radical (unpaired) electrons. The number of aryl methyl sites for hydroxylation is 1. The Labute approximate surface area is 168 Å². The van der Waals surface area contributed by atoms with Crippen LogP contribution in [0.4, 0.5) is 0 Å². The van der Waals surface area contributed by atoms with Crippen LogP contribution in [0, 0.1) is 6.92 Å². The summed E-state index contributed by atoms with van der Waals surface area (Å²) in [5.74, 6) is 0.165. The molecule has 5 nitrogen and oxygen atoms in total. The molecule has 2 N–H and O–H groups in total. The van der Waals surface area contributed by atoms with Crippen molar-refractivity contribution in [1.82, 2.24) is 0 Å². The zero-order valence-electron chi connectivity index (χ0n) is 15.3. The zero-order chi connectivity index (χ0) is 19.9. The lowest BCUT2D eigenvalue weighted by molar-refractivity contribution is 0.0516. The normalized spacial score (nSPS) is 11.1. The predicted octanol–water partition coefficient (Wildman–Crippen LogP) is 4.70. The predicted molar refractivity (Wildman–Crippen MR) is 110 cm³/mol. The fourth-order valence-corrected chi connectivity index (χ4v) is 2.60. The number of hydrogen-bond acceptors (Lipinski definition) is 4. The van der Waals surface area contributed by atoms with Gasteiger partial charge in [-0.05, 0) is 42.3 Å². The molecule has 3 aromatic rings. The van der Waals surface area contributed by atoms with Crippen LogP contribution in [-0.4, -0.2) is 11.8 Å². The molecule has 28 heavy (non-hydrogen) atoms. The van der Waals surface area contributed by atoms with Crippen molar-refractivity contribution >= 4 is 23.4 Å². The van der Waals surface area contributed by atoms with Crippen LogP contribution in [0.5, 0.6) is 5.75 Å². The molecule has 3 rings (SSSR count). The number of nitrogens with two attached hydrogens (primary N) is 1. The largest absolute Gasteiger partial charge is 0.487 e. The summed E-state index contributed by atoms with van der Waals surface area (Å²) in [4.78, 5) is 17.0. The Balaban J connectivity index is 1.59. The van der Waals surface area contributed by atoms with E-state index in [1.807, 2.05) is 37.3 Å². The van der Waals surface area contributed by atoms with Gasteiger partial charge in [-0.15, -0.1) is 0 Å². The van der Waals surface area contributed by atoms with Crippen molar-refractivity contribution < 1.29 is 14.4 Å². The minimum Gasteiger partial charge on any atom is -0.487 e. The van der Waals surface area contributed by atoms with E-state index in [1.54, 1.807) is 42.5 Å². The van der Waals surface area contributed by atoms with Crippen molar-refractivity contribution in [2.45, 2.75) is 13.5 Å². The van der Waals surface area contributed by atoms with E-state index in [0.29, 0.717) is 28.5 Å². The first-order valence-corrected chi connectivity index (χ1v) is 8.99. The smallest absolute Gasteiger partial charge is 0.365 e. The molecule has 142 valence electrons. The van der Waals surface area contributed by atoms with E-state index in [9.17, 15) is 4.79 Å². The summed E-state index contributed by atoms with van der Waals surface area (Å²) in [6.07, 6.45) is 0. The van der Waals surface area contributed by atoms with Gasteiger partial charge in [-0.2, -0.15) is 0 Å². The second kappa shape index (κ2) is 9.06. The molecule has 0 aromatic heterocycles. The van der Waals surface area contributed by atoms with E-state index in [2.05, 4.69) is 5.16 Å². The fourth-order valence-electron chi connectivity index (χ4n) is 2.42. The number of oxime groups is 1. The van der Waals surface area contributed by atoms with Gasteiger partial charge in [0, 0.05) is 5.56 Å². The number of amidine groups is 1. The van der Waals surface area contributed by atoms with E-state index in [-0.39, 0.29) is 5.84 Å². The zero-order valence-corrected chi connectivity index (χ0v) is 16.0. The summed E-state index contributed by atoms with van der Waals surface area (Å²) in [6.45, 7) is 2.30. The minimum atomic E-state index is -0.590. The lowest BCUT2D eigenvalue weighted by atomic mass is 10.1. The minimum absolute atomic E-state index is 0.133. The quantitative estimate of drug-likeness (QED) is 0.284. The SMILES string of the molecule is Cc1ccc(Cl)c(OCc2ccc(C(=O)O/N=C(\N)c3ccccc3)cc2)c1. The maximum Gasteiger partial charge on any atom is 0.365 e. The first-order valence-electron chi connectivity index (χ1n) is 8.61. The molecule has 0 spiro atoms. The number of nitrogens with zero attached hydrogens (tertiary/aromatic N) is 1. The molecular formula is C22H19ClN2O3. The lowest BCUT2D eigenvalue weighted by Gasteiger charge is -2.09. The number of halogens is 1. The number of rotatable bonds is 6. The first-order chi connectivity index (χ1) is 13.5. The van der Waals surface area contributed by atoms with Gasteiger partial charge < -0.3 is 15.3 Å². The van der Waals surface area contributed by atoms with E-state index < -0.39 is 5.97 Å². The second-order valence-corrected chi connectivity index (χ2v) is 6.55. The van der Waals surface area contributed by atoms with Gasteiger partial charge in [-0.25, -0.2) is 4.79 Å². The molecule has 0 amide bonds. The highest BCUT2D eigenvalue weighted by Gasteiger charge is 2.09. The van der Waals surface area contributed by atoms with Gasteiger partial charge in [0.15, 0.2) is 5.84 Å². The number of hydrogen-bond donors (Lipinski definition) is 1. The maximum atomic E-state index is 12.1. The van der Waals surface area contributed by atoms with Crippen molar-refractivity contribution in [3.05, 3.63) is 100 Å². The molecule has 0 fully saturated rings. The Morgan fingerprint density at radius 1 is 1.00 bits per heavy atom. The van der Waals surface area contributed by atoms with E-state index in [4.69, 9.17) is 26.9 Å². The standard InChI is InChI=1S/C22H19ClN2O3/c1-15-7-12-19(23)20(13-15)27-14-16-8-10-18(11-9-16)22(26)28-25-21(24)17-5-3-2-4-6-17/h2-13H,14H2,1H3,(H2,24,25). The monoisotopic (exact) mass is 394 g/mol. The Hall–Kier alpha value is -3.31. The van der Waals surface area contributed by atoms with Crippen LogP contribution >= 0.6 is 11.6 Å². The Kier molecular flexibility index (Phi) is 6.29. The van der Waals surface area contributed by atoms with Crippen LogP contribution in [-0.2, 0) is 11.4 Å². The summed E-state index contributed by atoms with van der Waals surface area (Å²) in [5.41, 5.74) is 8.80. The summed E-state index contributed by atoms with van der Waals surface area (Å²) in [6, 6.07) is 21.5. The van der Waals surface area contributed by atoms with Crippen molar-refractivity contribution in [3.63, 3.8) is 0 Å².